The molecule has 1 aromatic rings. The summed E-state index contributed by atoms with van der Waals surface area (Å²) < 4.78 is 13.1. The molecule has 2 nitrogen and oxygen atoms in total. The molecular formula is C14H22FNO. The van der Waals surface area contributed by atoms with Gasteiger partial charge in [-0.15, -0.1) is 0 Å². The van der Waals surface area contributed by atoms with Gasteiger partial charge in [0.15, 0.2) is 0 Å². The van der Waals surface area contributed by atoms with Gasteiger partial charge in [0.2, 0.25) is 0 Å². The lowest BCUT2D eigenvalue weighted by Gasteiger charge is -2.20. The number of benzene rings is 1. The van der Waals surface area contributed by atoms with E-state index in [-0.39, 0.29) is 5.82 Å². The van der Waals surface area contributed by atoms with Crippen molar-refractivity contribution in [3.05, 3.63) is 35.1 Å². The summed E-state index contributed by atoms with van der Waals surface area (Å²) in [6.45, 7) is 5.92. The number of aliphatic hydroxyl groups is 1. The minimum atomic E-state index is -0.567. The van der Waals surface area contributed by atoms with Crippen molar-refractivity contribution in [2.24, 2.45) is 11.7 Å². The SMILES string of the molecule is Cc1cc([C@H](N)[C@H](O)CCC(C)C)ccc1F. The third-order valence-electron chi connectivity index (χ3n) is 3.02. The summed E-state index contributed by atoms with van der Waals surface area (Å²) in [4.78, 5) is 0. The van der Waals surface area contributed by atoms with E-state index < -0.39 is 12.1 Å². The molecular weight excluding hydrogens is 217 g/mol. The maximum absolute atomic E-state index is 13.1. The Morgan fingerprint density at radius 1 is 1.29 bits per heavy atom. The molecule has 0 amide bonds. The second-order valence-corrected chi connectivity index (χ2v) is 5.07. The van der Waals surface area contributed by atoms with Gasteiger partial charge >= 0.3 is 0 Å². The van der Waals surface area contributed by atoms with Crippen LogP contribution in [0.5, 0.6) is 0 Å². The summed E-state index contributed by atoms with van der Waals surface area (Å²) in [5.74, 6) is 0.310. The maximum atomic E-state index is 13.1. The normalized spacial score (nSPS) is 15.0. The Hall–Kier alpha value is -0.930. The lowest BCUT2D eigenvalue weighted by Crippen LogP contribution is -2.26. The molecule has 0 spiro atoms. The molecule has 1 aromatic carbocycles. The number of rotatable bonds is 5. The summed E-state index contributed by atoms with van der Waals surface area (Å²) in [6, 6.07) is 4.32. The molecule has 0 heterocycles. The first kappa shape index (κ1) is 14.1. The Balaban J connectivity index is 2.67. The van der Waals surface area contributed by atoms with Crippen molar-refractivity contribution in [2.45, 2.75) is 45.8 Å². The molecule has 0 saturated carbocycles. The van der Waals surface area contributed by atoms with Gasteiger partial charge in [-0.05, 0) is 42.9 Å². The van der Waals surface area contributed by atoms with Gasteiger partial charge < -0.3 is 10.8 Å². The average molecular weight is 239 g/mol. The van der Waals surface area contributed by atoms with Crippen LogP contribution in [0.15, 0.2) is 18.2 Å². The highest BCUT2D eigenvalue weighted by atomic mass is 19.1. The van der Waals surface area contributed by atoms with E-state index in [9.17, 15) is 9.50 Å². The highest BCUT2D eigenvalue weighted by Gasteiger charge is 2.17. The zero-order valence-corrected chi connectivity index (χ0v) is 10.8. The van der Waals surface area contributed by atoms with E-state index >= 15 is 0 Å². The van der Waals surface area contributed by atoms with Crippen molar-refractivity contribution >= 4 is 0 Å². The molecule has 3 N–H and O–H groups in total. The number of aliphatic hydroxyl groups excluding tert-OH is 1. The first-order chi connectivity index (χ1) is 7.91. The van der Waals surface area contributed by atoms with Crippen molar-refractivity contribution in [1.29, 1.82) is 0 Å². The summed E-state index contributed by atoms with van der Waals surface area (Å²) in [7, 11) is 0. The van der Waals surface area contributed by atoms with Gasteiger partial charge in [-0.2, -0.15) is 0 Å². The highest BCUT2D eigenvalue weighted by molar-refractivity contribution is 5.26. The fourth-order valence-corrected chi connectivity index (χ4v) is 1.78. The van der Waals surface area contributed by atoms with Crippen LogP contribution in [-0.2, 0) is 0 Å². The molecule has 1 rings (SSSR count). The Labute approximate surface area is 103 Å². The summed E-state index contributed by atoms with van der Waals surface area (Å²) >= 11 is 0. The highest BCUT2D eigenvalue weighted by Crippen LogP contribution is 2.21. The maximum Gasteiger partial charge on any atom is 0.126 e. The van der Waals surface area contributed by atoms with E-state index in [1.165, 1.54) is 6.07 Å². The molecule has 2 atom stereocenters. The Bertz CT molecular complexity index is 365. The molecule has 0 aromatic heterocycles. The minimum Gasteiger partial charge on any atom is -0.391 e. The molecule has 0 aliphatic rings. The van der Waals surface area contributed by atoms with E-state index in [1.807, 2.05) is 0 Å². The quantitative estimate of drug-likeness (QED) is 0.830. The Kier molecular flexibility index (Phi) is 5.09. The number of hydrogen-bond donors (Lipinski definition) is 2. The molecule has 96 valence electrons. The molecule has 0 aliphatic heterocycles. The van der Waals surface area contributed by atoms with Crippen LogP contribution >= 0.6 is 0 Å². The Morgan fingerprint density at radius 3 is 2.47 bits per heavy atom. The van der Waals surface area contributed by atoms with Crippen molar-refractivity contribution in [3.8, 4) is 0 Å². The number of aryl methyl sites for hydroxylation is 1. The van der Waals surface area contributed by atoms with Crippen LogP contribution in [0.4, 0.5) is 4.39 Å². The van der Waals surface area contributed by atoms with Crippen LogP contribution in [0.25, 0.3) is 0 Å². The van der Waals surface area contributed by atoms with Gasteiger partial charge in [0, 0.05) is 0 Å². The molecule has 0 radical (unpaired) electrons. The lowest BCUT2D eigenvalue weighted by molar-refractivity contribution is 0.128. The van der Waals surface area contributed by atoms with Crippen LogP contribution in [0.2, 0.25) is 0 Å². The van der Waals surface area contributed by atoms with Crippen LogP contribution in [0, 0.1) is 18.7 Å². The topological polar surface area (TPSA) is 46.2 Å². The van der Waals surface area contributed by atoms with E-state index in [4.69, 9.17) is 5.73 Å². The predicted octanol–water partition coefficient (Wildman–Crippen LogP) is 2.93. The summed E-state index contributed by atoms with van der Waals surface area (Å²) in [6.07, 6.45) is 1.05. The zero-order chi connectivity index (χ0) is 13.0. The summed E-state index contributed by atoms with van der Waals surface area (Å²) in [5, 5.41) is 9.96. The first-order valence-corrected chi connectivity index (χ1v) is 6.11. The van der Waals surface area contributed by atoms with Gasteiger partial charge in [-0.25, -0.2) is 4.39 Å². The van der Waals surface area contributed by atoms with Crippen molar-refractivity contribution in [3.63, 3.8) is 0 Å². The van der Waals surface area contributed by atoms with E-state index in [0.29, 0.717) is 17.9 Å². The standard InChI is InChI=1S/C14H22FNO/c1-9(2)4-7-13(17)14(16)11-5-6-12(15)10(3)8-11/h5-6,8-9,13-14,17H,4,7,16H2,1-3H3/t13-,14+/m1/s1. The van der Waals surface area contributed by atoms with Crippen molar-refractivity contribution < 1.29 is 9.50 Å². The molecule has 0 bridgehead atoms. The van der Waals surface area contributed by atoms with E-state index in [1.54, 1.807) is 19.1 Å². The van der Waals surface area contributed by atoms with Crippen LogP contribution in [-0.4, -0.2) is 11.2 Å². The van der Waals surface area contributed by atoms with E-state index in [0.717, 1.165) is 12.0 Å². The second kappa shape index (κ2) is 6.12. The molecule has 0 saturated heterocycles. The molecule has 0 aliphatic carbocycles. The van der Waals surface area contributed by atoms with Crippen molar-refractivity contribution in [2.75, 3.05) is 0 Å². The molecule has 0 fully saturated rings. The number of hydrogen-bond acceptors (Lipinski definition) is 2. The summed E-state index contributed by atoms with van der Waals surface area (Å²) in [5.41, 5.74) is 7.33. The smallest absolute Gasteiger partial charge is 0.126 e. The third kappa shape index (κ3) is 4.10. The van der Waals surface area contributed by atoms with Crippen LogP contribution < -0.4 is 5.73 Å². The largest absolute Gasteiger partial charge is 0.391 e. The lowest BCUT2D eigenvalue weighted by atomic mass is 9.95. The second-order valence-electron chi connectivity index (χ2n) is 5.07. The predicted molar refractivity (Wildman–Crippen MR) is 68.1 cm³/mol. The van der Waals surface area contributed by atoms with E-state index in [2.05, 4.69) is 13.8 Å². The fraction of sp³-hybridized carbons (Fsp3) is 0.571. The fourth-order valence-electron chi connectivity index (χ4n) is 1.78. The number of nitrogens with two attached hydrogens (primary N) is 1. The minimum absolute atomic E-state index is 0.238. The molecule has 3 heteroatoms. The van der Waals surface area contributed by atoms with Crippen molar-refractivity contribution in [1.82, 2.24) is 0 Å². The van der Waals surface area contributed by atoms with Gasteiger partial charge in [0.25, 0.3) is 0 Å². The van der Waals surface area contributed by atoms with Gasteiger partial charge in [0.05, 0.1) is 12.1 Å². The van der Waals surface area contributed by atoms with Crippen LogP contribution in [0.3, 0.4) is 0 Å². The van der Waals surface area contributed by atoms with Gasteiger partial charge in [-0.3, -0.25) is 0 Å². The monoisotopic (exact) mass is 239 g/mol. The third-order valence-corrected chi connectivity index (χ3v) is 3.02. The number of halogens is 1. The molecule has 0 unspecified atom stereocenters. The zero-order valence-electron chi connectivity index (χ0n) is 10.8. The molecule has 17 heavy (non-hydrogen) atoms. The Morgan fingerprint density at radius 2 is 1.94 bits per heavy atom. The van der Waals surface area contributed by atoms with Gasteiger partial charge in [-0.1, -0.05) is 26.0 Å². The first-order valence-electron chi connectivity index (χ1n) is 6.11. The van der Waals surface area contributed by atoms with Crippen LogP contribution in [0.1, 0.15) is 43.9 Å². The van der Waals surface area contributed by atoms with Gasteiger partial charge in [0.1, 0.15) is 5.82 Å². The average Bonchev–Trinajstić information content (AvgIpc) is 2.28.